The Morgan fingerprint density at radius 1 is 0.500 bits per heavy atom. The average Bonchev–Trinajstić information content (AvgIpc) is 2.99. The molecule has 0 bridgehead atoms. The second kappa shape index (κ2) is 18.2. The van der Waals surface area contributed by atoms with Gasteiger partial charge in [-0.1, -0.05) is 149 Å². The molecule has 0 amide bonds. The molecule has 0 spiro atoms. The van der Waals surface area contributed by atoms with Crippen molar-refractivity contribution in [3.05, 3.63) is 105 Å². The van der Waals surface area contributed by atoms with Crippen molar-refractivity contribution in [1.82, 2.24) is 0 Å². The number of hydrogen-bond acceptors (Lipinski definition) is 2. The smallest absolute Gasteiger partial charge is 0.127 e. The lowest BCUT2D eigenvalue weighted by molar-refractivity contribution is 0.300. The topological polar surface area (TPSA) is 18.5 Å². The van der Waals surface area contributed by atoms with Crippen LogP contribution in [0.25, 0.3) is 36.5 Å². The standard InChI is InChI=1S/C38H48O2Si2/c1-7-9-25-39-37-29-36(22-20-32-13-17-34(18-14-32)24-28-42(5)6)38(40-26-10-8-2)30-35(37)21-19-31-11-15-33(16-12-31)23-27-41(3)4/h11-24,27-30H,7-10,25-26H2,1-6H3/b21-19+,22-20+,27-23+,28-24+. The molecule has 3 rings (SSSR count). The zero-order valence-corrected chi connectivity index (χ0v) is 28.5. The SMILES string of the molecule is CCCCOc1cc(/C=C/c2ccc(/C=C/[Si](C)C)cc2)c(OCCCC)cc1/C=C/c1ccc(/C=C/[Si](C)C)cc1. The van der Waals surface area contributed by atoms with Gasteiger partial charge in [-0.3, -0.25) is 0 Å². The van der Waals surface area contributed by atoms with Crippen LogP contribution in [0.1, 0.15) is 72.9 Å². The van der Waals surface area contributed by atoms with E-state index in [0.29, 0.717) is 13.2 Å². The van der Waals surface area contributed by atoms with Crippen molar-refractivity contribution in [2.45, 2.75) is 65.7 Å². The van der Waals surface area contributed by atoms with Crippen molar-refractivity contribution in [3.63, 3.8) is 0 Å². The lowest BCUT2D eigenvalue weighted by atomic mass is 10.0. The molecule has 4 heteroatoms. The minimum Gasteiger partial charge on any atom is -0.493 e. The maximum absolute atomic E-state index is 6.32. The van der Waals surface area contributed by atoms with Crippen LogP contribution < -0.4 is 9.47 Å². The molecule has 0 saturated heterocycles. The third kappa shape index (κ3) is 11.9. The normalized spacial score (nSPS) is 12.2. The van der Waals surface area contributed by atoms with Crippen molar-refractivity contribution < 1.29 is 9.47 Å². The first-order valence-electron chi connectivity index (χ1n) is 15.3. The quantitative estimate of drug-likeness (QED) is 0.0935. The molecule has 3 aromatic carbocycles. The van der Waals surface area contributed by atoms with Gasteiger partial charge in [0.2, 0.25) is 0 Å². The largest absolute Gasteiger partial charge is 0.493 e. The van der Waals surface area contributed by atoms with Crippen molar-refractivity contribution in [3.8, 4) is 11.5 Å². The van der Waals surface area contributed by atoms with Crippen LogP contribution in [0.2, 0.25) is 26.2 Å². The molecule has 0 heterocycles. The predicted octanol–water partition coefficient (Wildman–Crippen LogP) is 11.0. The molecule has 3 aromatic rings. The zero-order valence-electron chi connectivity index (χ0n) is 26.5. The highest BCUT2D eigenvalue weighted by atomic mass is 28.3. The molecule has 0 saturated carbocycles. The Balaban J connectivity index is 1.91. The number of unbranched alkanes of at least 4 members (excludes halogenated alkanes) is 2. The monoisotopic (exact) mass is 592 g/mol. The summed E-state index contributed by atoms with van der Waals surface area (Å²) in [6, 6.07) is 21.7. The summed E-state index contributed by atoms with van der Waals surface area (Å²) >= 11 is 0. The van der Waals surface area contributed by atoms with E-state index in [0.717, 1.165) is 59.4 Å². The van der Waals surface area contributed by atoms with E-state index in [1.54, 1.807) is 0 Å². The molecule has 42 heavy (non-hydrogen) atoms. The Kier molecular flexibility index (Phi) is 14.4. The van der Waals surface area contributed by atoms with Crippen molar-refractivity contribution in [1.29, 1.82) is 0 Å². The Morgan fingerprint density at radius 2 is 0.833 bits per heavy atom. The average molecular weight is 593 g/mol. The van der Waals surface area contributed by atoms with Crippen molar-refractivity contribution in [2.24, 2.45) is 0 Å². The van der Waals surface area contributed by atoms with Crippen LogP contribution in [0.15, 0.2) is 72.1 Å². The number of ether oxygens (including phenoxy) is 2. The van der Waals surface area contributed by atoms with Gasteiger partial charge in [-0.2, -0.15) is 0 Å². The van der Waals surface area contributed by atoms with Gasteiger partial charge in [-0.05, 0) is 47.2 Å². The maximum Gasteiger partial charge on any atom is 0.127 e. The van der Waals surface area contributed by atoms with Gasteiger partial charge in [0.25, 0.3) is 0 Å². The molecular weight excluding hydrogens is 545 g/mol. The molecule has 0 fully saturated rings. The molecule has 220 valence electrons. The number of hydrogen-bond donors (Lipinski definition) is 0. The number of rotatable bonds is 16. The summed E-state index contributed by atoms with van der Waals surface area (Å²) in [4.78, 5) is 0. The fraction of sp³-hybridized carbons (Fsp3) is 0.316. The minimum atomic E-state index is -0.371. The maximum atomic E-state index is 6.32. The van der Waals surface area contributed by atoms with E-state index in [9.17, 15) is 0 Å². The highest BCUT2D eigenvalue weighted by molar-refractivity contribution is 6.62. The summed E-state index contributed by atoms with van der Waals surface area (Å²) in [5, 5.41) is 0. The summed E-state index contributed by atoms with van der Waals surface area (Å²) in [6.07, 6.45) is 17.3. The van der Waals surface area contributed by atoms with E-state index in [1.807, 2.05) is 0 Å². The third-order valence-electron chi connectivity index (χ3n) is 6.65. The van der Waals surface area contributed by atoms with Crippen LogP contribution in [0.5, 0.6) is 11.5 Å². The first kappa shape index (κ1) is 33.2. The van der Waals surface area contributed by atoms with Crippen LogP contribution in [-0.4, -0.2) is 30.8 Å². The van der Waals surface area contributed by atoms with Crippen LogP contribution in [-0.2, 0) is 0 Å². The Hall–Kier alpha value is -3.35. The van der Waals surface area contributed by atoms with Crippen LogP contribution >= 0.6 is 0 Å². The summed E-state index contributed by atoms with van der Waals surface area (Å²) in [7, 11) is -0.743. The van der Waals surface area contributed by atoms with Gasteiger partial charge < -0.3 is 9.47 Å². The van der Waals surface area contributed by atoms with Crippen LogP contribution in [0.3, 0.4) is 0 Å². The van der Waals surface area contributed by atoms with E-state index in [-0.39, 0.29) is 17.6 Å². The fourth-order valence-electron chi connectivity index (χ4n) is 4.09. The highest BCUT2D eigenvalue weighted by Gasteiger charge is 2.10. The fourth-order valence-corrected chi connectivity index (χ4v) is 5.14. The van der Waals surface area contributed by atoms with E-state index in [4.69, 9.17) is 9.47 Å². The van der Waals surface area contributed by atoms with E-state index in [2.05, 4.69) is 149 Å². The van der Waals surface area contributed by atoms with Gasteiger partial charge in [0, 0.05) is 11.1 Å². The van der Waals surface area contributed by atoms with E-state index in [1.165, 1.54) is 11.1 Å². The summed E-state index contributed by atoms with van der Waals surface area (Å²) in [5.41, 5.74) is 11.5. The van der Waals surface area contributed by atoms with Gasteiger partial charge in [-0.15, -0.1) is 0 Å². The van der Waals surface area contributed by atoms with Gasteiger partial charge in [0.05, 0.1) is 30.8 Å². The van der Waals surface area contributed by atoms with Crippen molar-refractivity contribution in [2.75, 3.05) is 13.2 Å². The third-order valence-corrected chi connectivity index (χ3v) is 8.32. The van der Waals surface area contributed by atoms with Gasteiger partial charge in [0.1, 0.15) is 11.5 Å². The van der Waals surface area contributed by atoms with Gasteiger partial charge in [-0.25, -0.2) is 0 Å². The Morgan fingerprint density at radius 3 is 1.14 bits per heavy atom. The molecular formula is C38H48O2Si2. The van der Waals surface area contributed by atoms with Crippen LogP contribution in [0.4, 0.5) is 0 Å². The highest BCUT2D eigenvalue weighted by Crippen LogP contribution is 2.33. The summed E-state index contributed by atoms with van der Waals surface area (Å²) in [6.45, 7) is 15.0. The summed E-state index contributed by atoms with van der Waals surface area (Å²) in [5.74, 6) is 1.78. The van der Waals surface area contributed by atoms with E-state index >= 15 is 0 Å². The molecule has 0 unspecified atom stereocenters. The lowest BCUT2D eigenvalue weighted by Crippen LogP contribution is -2.02. The molecule has 2 radical (unpaired) electrons. The van der Waals surface area contributed by atoms with Crippen LogP contribution in [0, 0.1) is 0 Å². The minimum absolute atomic E-state index is 0.371. The second-order valence-corrected chi connectivity index (χ2v) is 16.1. The molecule has 0 aliphatic carbocycles. The predicted molar refractivity (Wildman–Crippen MR) is 191 cm³/mol. The Labute approximate surface area is 258 Å². The second-order valence-electron chi connectivity index (χ2n) is 11.2. The molecule has 0 N–H and O–H groups in total. The van der Waals surface area contributed by atoms with E-state index < -0.39 is 0 Å². The molecule has 0 aromatic heterocycles. The Bertz CT molecular complexity index is 1230. The molecule has 0 atom stereocenters. The van der Waals surface area contributed by atoms with Gasteiger partial charge in [0.15, 0.2) is 0 Å². The molecule has 2 nitrogen and oxygen atoms in total. The zero-order chi connectivity index (χ0) is 30.2. The summed E-state index contributed by atoms with van der Waals surface area (Å²) < 4.78 is 12.6. The number of benzene rings is 3. The molecule has 0 aliphatic rings. The lowest BCUT2D eigenvalue weighted by Gasteiger charge is -2.15. The first-order valence-corrected chi connectivity index (χ1v) is 20.5. The first-order chi connectivity index (χ1) is 20.4. The van der Waals surface area contributed by atoms with Crippen molar-refractivity contribution >= 4 is 54.0 Å². The molecule has 0 aliphatic heterocycles. The van der Waals surface area contributed by atoms with Gasteiger partial charge >= 0.3 is 0 Å².